The maximum Gasteiger partial charge on any atom is 0.0461 e. The van der Waals surface area contributed by atoms with Gasteiger partial charge in [-0.05, 0) is 37.3 Å². The van der Waals surface area contributed by atoms with Gasteiger partial charge in [0.05, 0.1) is 0 Å². The summed E-state index contributed by atoms with van der Waals surface area (Å²) in [5.41, 5.74) is 4.23. The molecule has 9 heavy (non-hydrogen) atoms. The normalized spacial score (nSPS) is 20.1. The molecule has 0 saturated heterocycles. The van der Waals surface area contributed by atoms with Crippen LogP contribution in [0.3, 0.4) is 0 Å². The second-order valence-electron chi connectivity index (χ2n) is 2.36. The fourth-order valence-corrected chi connectivity index (χ4v) is 1.56. The monoisotopic (exact) mass is 139 g/mol. The minimum atomic E-state index is 1.40. The van der Waals surface area contributed by atoms with Crippen molar-refractivity contribution in [3.63, 3.8) is 0 Å². The third-order valence-electron chi connectivity index (χ3n) is 1.67. The van der Waals surface area contributed by atoms with Gasteiger partial charge >= 0.3 is 0 Å². The lowest BCUT2D eigenvalue weighted by atomic mass is 10.1. The van der Waals surface area contributed by atoms with E-state index in [0.717, 1.165) is 0 Å². The average molecular weight is 139 g/mol. The van der Waals surface area contributed by atoms with E-state index in [4.69, 9.17) is 0 Å². The molecule has 1 aliphatic heterocycles. The summed E-state index contributed by atoms with van der Waals surface area (Å²) < 4.78 is 0. The first kappa shape index (κ1) is 6.94. The maximum absolute atomic E-state index is 2.18. The van der Waals surface area contributed by atoms with Crippen molar-refractivity contribution in [1.29, 1.82) is 0 Å². The zero-order valence-corrected chi connectivity index (χ0v) is 6.88. The summed E-state index contributed by atoms with van der Waals surface area (Å²) in [6, 6.07) is 0. The number of hydrogen-bond acceptors (Lipinski definition) is 1. The van der Waals surface area contributed by atoms with Crippen molar-refractivity contribution in [2.75, 3.05) is 0 Å². The van der Waals surface area contributed by atoms with Crippen molar-refractivity contribution in [3.05, 3.63) is 27.9 Å². The lowest BCUT2D eigenvalue weighted by Gasteiger charge is -2.11. The van der Waals surface area contributed by atoms with Gasteiger partial charge in [-0.1, -0.05) is 5.57 Å². The summed E-state index contributed by atoms with van der Waals surface area (Å²) in [7, 11) is 0. The van der Waals surface area contributed by atoms with Crippen molar-refractivity contribution in [2.24, 2.45) is 0 Å². The SMILES string of the molecule is CC1=CS[CH]C(C)=C1C. The Hall–Kier alpha value is -0.170. The van der Waals surface area contributed by atoms with Crippen LogP contribution in [-0.4, -0.2) is 0 Å². The third-order valence-corrected chi connectivity index (χ3v) is 2.65. The molecule has 0 amide bonds. The summed E-state index contributed by atoms with van der Waals surface area (Å²) >= 11 is 1.77. The van der Waals surface area contributed by atoms with Gasteiger partial charge in [0.25, 0.3) is 0 Å². The first-order valence-corrected chi connectivity index (χ1v) is 3.99. The van der Waals surface area contributed by atoms with Crippen molar-refractivity contribution in [3.8, 4) is 0 Å². The van der Waals surface area contributed by atoms with Crippen LogP contribution in [-0.2, 0) is 0 Å². The Morgan fingerprint density at radius 2 is 1.89 bits per heavy atom. The quantitative estimate of drug-likeness (QED) is 0.497. The Balaban J connectivity index is 2.88. The minimum Gasteiger partial charge on any atom is -0.124 e. The highest BCUT2D eigenvalue weighted by molar-refractivity contribution is 8.04. The predicted molar refractivity (Wildman–Crippen MR) is 44.0 cm³/mol. The van der Waals surface area contributed by atoms with Gasteiger partial charge in [-0.3, -0.25) is 0 Å². The number of hydrogen-bond donors (Lipinski definition) is 0. The molecule has 0 saturated carbocycles. The molecule has 1 heteroatoms. The number of rotatable bonds is 0. The van der Waals surface area contributed by atoms with Crippen molar-refractivity contribution in [1.82, 2.24) is 0 Å². The molecule has 0 N–H and O–H groups in total. The van der Waals surface area contributed by atoms with Gasteiger partial charge in [0.1, 0.15) is 0 Å². The van der Waals surface area contributed by atoms with Gasteiger partial charge in [-0.25, -0.2) is 0 Å². The molecule has 0 aromatic rings. The number of thioether (sulfide) groups is 1. The van der Waals surface area contributed by atoms with Crippen LogP contribution >= 0.6 is 11.8 Å². The van der Waals surface area contributed by atoms with Crippen molar-refractivity contribution < 1.29 is 0 Å². The maximum atomic E-state index is 2.18. The van der Waals surface area contributed by atoms with Crippen LogP contribution < -0.4 is 0 Å². The zero-order chi connectivity index (χ0) is 6.85. The molecular weight excluding hydrogens is 128 g/mol. The highest BCUT2D eigenvalue weighted by atomic mass is 32.2. The fraction of sp³-hybridized carbons (Fsp3) is 0.375. The van der Waals surface area contributed by atoms with E-state index in [1.165, 1.54) is 16.7 Å². The average Bonchev–Trinajstić information content (AvgIpc) is 1.83. The van der Waals surface area contributed by atoms with Crippen LogP contribution in [0.1, 0.15) is 20.8 Å². The largest absolute Gasteiger partial charge is 0.124 e. The van der Waals surface area contributed by atoms with Gasteiger partial charge in [0, 0.05) is 5.75 Å². The molecule has 0 aromatic heterocycles. The van der Waals surface area contributed by atoms with Crippen LogP contribution in [0.4, 0.5) is 0 Å². The Bertz CT molecular complexity index is 175. The molecule has 1 rings (SSSR count). The highest BCUT2D eigenvalue weighted by Crippen LogP contribution is 2.29. The van der Waals surface area contributed by atoms with Gasteiger partial charge in [-0.2, -0.15) is 0 Å². The van der Waals surface area contributed by atoms with Crippen LogP contribution in [0.2, 0.25) is 0 Å². The summed E-state index contributed by atoms with van der Waals surface area (Å²) in [6.07, 6.45) is 0. The fourth-order valence-electron chi connectivity index (χ4n) is 0.726. The summed E-state index contributed by atoms with van der Waals surface area (Å²) in [4.78, 5) is 0. The Morgan fingerprint density at radius 3 is 2.33 bits per heavy atom. The van der Waals surface area contributed by atoms with Crippen LogP contribution in [0.15, 0.2) is 22.1 Å². The van der Waals surface area contributed by atoms with Gasteiger partial charge in [0.2, 0.25) is 0 Å². The molecule has 49 valence electrons. The predicted octanol–water partition coefficient (Wildman–Crippen LogP) is 3.14. The first-order valence-electron chi connectivity index (χ1n) is 3.05. The molecule has 0 aliphatic carbocycles. The van der Waals surface area contributed by atoms with E-state index in [1.807, 2.05) is 0 Å². The van der Waals surface area contributed by atoms with E-state index in [9.17, 15) is 0 Å². The third kappa shape index (κ3) is 1.39. The topological polar surface area (TPSA) is 0 Å². The molecule has 1 radical (unpaired) electrons. The lowest BCUT2D eigenvalue weighted by molar-refractivity contribution is 1.27. The van der Waals surface area contributed by atoms with Gasteiger partial charge < -0.3 is 0 Å². The Labute approximate surface area is 61.0 Å². The van der Waals surface area contributed by atoms with Crippen LogP contribution in [0, 0.1) is 5.75 Å². The van der Waals surface area contributed by atoms with E-state index >= 15 is 0 Å². The van der Waals surface area contributed by atoms with Crippen molar-refractivity contribution >= 4 is 11.8 Å². The molecule has 0 nitrogen and oxygen atoms in total. The molecule has 0 aromatic carbocycles. The molecule has 0 atom stereocenters. The number of allylic oxidation sites excluding steroid dienone is 2. The summed E-state index contributed by atoms with van der Waals surface area (Å²) in [5.74, 6) is 2.18. The molecule has 1 aliphatic rings. The van der Waals surface area contributed by atoms with E-state index in [1.54, 1.807) is 11.8 Å². The van der Waals surface area contributed by atoms with E-state index in [0.29, 0.717) is 0 Å². The van der Waals surface area contributed by atoms with Crippen LogP contribution in [0.25, 0.3) is 0 Å². The Morgan fingerprint density at radius 1 is 1.22 bits per heavy atom. The molecule has 0 unspecified atom stereocenters. The lowest BCUT2D eigenvalue weighted by Crippen LogP contribution is -1.89. The smallest absolute Gasteiger partial charge is 0.0461 e. The van der Waals surface area contributed by atoms with Gasteiger partial charge in [0.15, 0.2) is 0 Å². The molecule has 0 bridgehead atoms. The van der Waals surface area contributed by atoms with Gasteiger partial charge in [-0.15, -0.1) is 11.8 Å². The zero-order valence-electron chi connectivity index (χ0n) is 6.06. The van der Waals surface area contributed by atoms with E-state index < -0.39 is 0 Å². The Kier molecular flexibility index (Phi) is 2.01. The second-order valence-corrected chi connectivity index (χ2v) is 3.11. The molecule has 0 spiro atoms. The summed E-state index contributed by atoms with van der Waals surface area (Å²) in [6.45, 7) is 6.47. The van der Waals surface area contributed by atoms with Crippen LogP contribution in [0.5, 0.6) is 0 Å². The first-order chi connectivity index (χ1) is 4.22. The second kappa shape index (κ2) is 2.61. The van der Waals surface area contributed by atoms with E-state index in [2.05, 4.69) is 31.9 Å². The molecular formula is C8H11S. The minimum absolute atomic E-state index is 1.40. The van der Waals surface area contributed by atoms with E-state index in [-0.39, 0.29) is 0 Å². The molecule has 0 fully saturated rings. The highest BCUT2D eigenvalue weighted by Gasteiger charge is 2.04. The van der Waals surface area contributed by atoms with Crippen molar-refractivity contribution in [2.45, 2.75) is 20.8 Å². The standard InChI is InChI=1S/C8H11S/c1-6-4-9-5-7(2)8(6)3/h4-5H,1-3H3. The summed E-state index contributed by atoms with van der Waals surface area (Å²) in [5, 5.41) is 2.18. The molecule has 1 heterocycles.